The average Bonchev–Trinajstić information content (AvgIpc) is 3.00. The third-order valence-electron chi connectivity index (χ3n) is 7.20. The van der Waals surface area contributed by atoms with E-state index in [0.717, 1.165) is 39.3 Å². The van der Waals surface area contributed by atoms with Gasteiger partial charge < -0.3 is 66.8 Å². The number of rotatable bonds is 16. The maximum absolute atomic E-state index is 13.1. The molecule has 0 aromatic carbocycles. The van der Waals surface area contributed by atoms with E-state index in [0.29, 0.717) is 104 Å². The van der Waals surface area contributed by atoms with Gasteiger partial charge in [0.1, 0.15) is 0 Å². The van der Waals surface area contributed by atoms with Crippen LogP contribution in [0.3, 0.4) is 0 Å². The van der Waals surface area contributed by atoms with Gasteiger partial charge in [-0.15, -0.1) is 12.3 Å². The summed E-state index contributed by atoms with van der Waals surface area (Å²) in [5.74, 6) is 2.60. The third-order valence-corrected chi connectivity index (χ3v) is 7.45. The molecule has 0 aliphatic carbocycles. The molecule has 9 N–H and O–H groups in total. The molecule has 0 aromatic heterocycles. The van der Waals surface area contributed by atoms with Crippen LogP contribution >= 0.6 is 12.2 Å². The molecule has 14 nitrogen and oxygen atoms in total. The van der Waals surface area contributed by atoms with Gasteiger partial charge in [-0.05, 0) is 12.2 Å². The minimum absolute atomic E-state index is 0.0397. The number of ether oxygens (including phenoxy) is 4. The van der Waals surface area contributed by atoms with E-state index in [1.165, 1.54) is 0 Å². The number of hydrogen-bond acceptors (Lipinski definition) is 12. The minimum atomic E-state index is -0.501. The fourth-order valence-corrected chi connectivity index (χ4v) is 5.20. The van der Waals surface area contributed by atoms with Crippen molar-refractivity contribution in [1.82, 2.24) is 47.9 Å². The number of fused-ring (bicyclic) bond motifs is 15. The smallest absolute Gasteiger partial charge is 0.222 e. The van der Waals surface area contributed by atoms with Crippen molar-refractivity contribution in [2.45, 2.75) is 23.9 Å². The lowest BCUT2D eigenvalue weighted by Crippen LogP contribution is -2.68. The van der Waals surface area contributed by atoms with E-state index < -0.39 is 5.54 Å². The highest BCUT2D eigenvalue weighted by molar-refractivity contribution is 7.80. The highest BCUT2D eigenvalue weighted by Crippen LogP contribution is 2.06. The van der Waals surface area contributed by atoms with Crippen molar-refractivity contribution < 1.29 is 23.7 Å². The second kappa shape index (κ2) is 24.5. The Morgan fingerprint density at radius 2 is 1.11 bits per heavy atom. The Bertz CT molecular complexity index is 777. The molecule has 254 valence electrons. The summed E-state index contributed by atoms with van der Waals surface area (Å²) in [6, 6.07) is 0. The highest BCUT2D eigenvalue weighted by Gasteiger charge is 2.33. The van der Waals surface area contributed by atoms with E-state index in [-0.39, 0.29) is 17.9 Å². The zero-order chi connectivity index (χ0) is 31.6. The van der Waals surface area contributed by atoms with E-state index >= 15 is 0 Å². The molecule has 0 radical (unpaired) electrons. The number of thiocarbonyl (C=S) groups is 1. The Morgan fingerprint density at radius 1 is 0.705 bits per heavy atom. The zero-order valence-corrected chi connectivity index (χ0v) is 27.4. The van der Waals surface area contributed by atoms with Gasteiger partial charge in [0, 0.05) is 105 Å². The molecule has 3 aliphatic rings. The summed E-state index contributed by atoms with van der Waals surface area (Å²) in [4.78, 5) is 13.1. The van der Waals surface area contributed by atoms with Gasteiger partial charge >= 0.3 is 0 Å². The quantitative estimate of drug-likeness (QED) is 0.0468. The Hall–Kier alpha value is -1.68. The second-order valence-electron chi connectivity index (χ2n) is 11.1. The molecule has 3 aliphatic heterocycles. The van der Waals surface area contributed by atoms with Crippen LogP contribution in [-0.2, 0) is 23.7 Å². The van der Waals surface area contributed by atoms with Gasteiger partial charge in [0.05, 0.1) is 57.3 Å². The number of carbonyl (C=O) groups excluding carboxylic acids is 1. The summed E-state index contributed by atoms with van der Waals surface area (Å²) < 4.78 is 21.4. The Kier molecular flexibility index (Phi) is 21.5. The average molecular weight is 644 g/mol. The molecule has 44 heavy (non-hydrogen) atoms. The lowest BCUT2D eigenvalue weighted by atomic mass is 9.97. The molecule has 3 saturated heterocycles. The number of hydrogen-bond donors (Lipinski definition) is 9. The van der Waals surface area contributed by atoms with Crippen molar-refractivity contribution in [3.63, 3.8) is 0 Å². The van der Waals surface area contributed by atoms with Crippen LogP contribution in [0.25, 0.3) is 0 Å². The van der Waals surface area contributed by atoms with Gasteiger partial charge in [0.2, 0.25) is 5.91 Å². The first-order valence-corrected chi connectivity index (χ1v) is 16.2. The van der Waals surface area contributed by atoms with Crippen LogP contribution in [0.4, 0.5) is 0 Å². The van der Waals surface area contributed by atoms with Crippen LogP contribution in [0.5, 0.6) is 0 Å². The minimum Gasteiger partial charge on any atom is -0.382 e. The number of methoxy groups -OCH3 is 1. The van der Waals surface area contributed by atoms with Crippen molar-refractivity contribution in [1.29, 1.82) is 0 Å². The summed E-state index contributed by atoms with van der Waals surface area (Å²) in [6.45, 7) is 12.5. The van der Waals surface area contributed by atoms with Gasteiger partial charge in [0.25, 0.3) is 0 Å². The Balaban J connectivity index is 1.87. The first kappa shape index (κ1) is 38.5. The van der Waals surface area contributed by atoms with Crippen LogP contribution in [0, 0.1) is 12.3 Å². The predicted molar refractivity (Wildman–Crippen MR) is 177 cm³/mol. The number of nitrogens with one attached hydrogen (secondary N) is 9. The molecule has 0 saturated carbocycles. The van der Waals surface area contributed by atoms with E-state index in [4.69, 9.17) is 37.6 Å². The second-order valence-corrected chi connectivity index (χ2v) is 11.5. The molecule has 2 bridgehead atoms. The van der Waals surface area contributed by atoms with Crippen LogP contribution in [-0.4, -0.2) is 161 Å². The lowest BCUT2D eigenvalue weighted by Gasteiger charge is -2.39. The molecule has 3 rings (SSSR count). The van der Waals surface area contributed by atoms with E-state index in [1.807, 2.05) is 0 Å². The van der Waals surface area contributed by atoms with Crippen LogP contribution in [0.15, 0.2) is 0 Å². The van der Waals surface area contributed by atoms with Crippen LogP contribution in [0.2, 0.25) is 0 Å². The fourth-order valence-electron chi connectivity index (χ4n) is 4.88. The van der Waals surface area contributed by atoms with Crippen molar-refractivity contribution >= 4 is 23.2 Å². The van der Waals surface area contributed by atoms with E-state index in [2.05, 4.69) is 53.8 Å². The van der Waals surface area contributed by atoms with Crippen molar-refractivity contribution in [3.05, 3.63) is 0 Å². The predicted octanol–water partition coefficient (Wildman–Crippen LogP) is -3.28. The molecule has 1 amide bonds. The van der Waals surface area contributed by atoms with Crippen LogP contribution in [0.1, 0.15) is 12.8 Å². The Labute approximate surface area is 269 Å². The van der Waals surface area contributed by atoms with Gasteiger partial charge in [-0.25, -0.2) is 0 Å². The molecule has 0 aromatic rings. The standard InChI is InChI=1S/C29H57N9O5S/c1-3-4-6-36-27(44)38-29-23-33-10-7-30-20-28(21-31-8-11-34-24-29,22-32-9-12-35-25-29)37-26(39)5-13-41-16-17-43-19-18-42-15-14-40-2/h1,30-35H,4-25H2,2H3,(H,37,39)(H2,36,38,44). The zero-order valence-electron chi connectivity index (χ0n) is 26.6. The van der Waals surface area contributed by atoms with Gasteiger partial charge in [-0.1, -0.05) is 0 Å². The first-order chi connectivity index (χ1) is 21.5. The fraction of sp³-hybridized carbons (Fsp3) is 0.862. The molecular weight excluding hydrogens is 586 g/mol. The van der Waals surface area contributed by atoms with Crippen molar-refractivity contribution in [2.24, 2.45) is 0 Å². The molecule has 3 heterocycles. The SMILES string of the molecule is C#CCCNC(=S)NC12CNCCNCC(NC(=O)CCOCCOCCOCCOC)(CNCCNC1)CNCCNC2. The summed E-state index contributed by atoms with van der Waals surface area (Å²) in [6.07, 6.45) is 6.29. The topological polar surface area (TPSA) is 162 Å². The third kappa shape index (κ3) is 17.7. The molecule has 15 heteroatoms. The maximum Gasteiger partial charge on any atom is 0.222 e. The number of carbonyl (C=O) groups is 1. The number of amides is 1. The van der Waals surface area contributed by atoms with E-state index in [1.54, 1.807) is 7.11 Å². The molecule has 0 atom stereocenters. The largest absolute Gasteiger partial charge is 0.382 e. The molecule has 0 unspecified atom stereocenters. The summed E-state index contributed by atoms with van der Waals surface area (Å²) in [5.41, 5.74) is -0.836. The maximum atomic E-state index is 13.1. The van der Waals surface area contributed by atoms with Crippen molar-refractivity contribution in [3.8, 4) is 12.3 Å². The van der Waals surface area contributed by atoms with Crippen LogP contribution < -0.4 is 47.9 Å². The summed E-state index contributed by atoms with van der Waals surface area (Å²) in [7, 11) is 1.64. The molecular formula is C29H57N9O5S. The van der Waals surface area contributed by atoms with Gasteiger partial charge in [-0.2, -0.15) is 0 Å². The highest BCUT2D eigenvalue weighted by atomic mass is 32.1. The molecule has 0 spiro atoms. The number of terminal acetylenes is 1. The van der Waals surface area contributed by atoms with Crippen molar-refractivity contribution in [2.75, 3.05) is 138 Å². The normalized spacial score (nSPS) is 24.0. The lowest BCUT2D eigenvalue weighted by molar-refractivity contribution is -0.124. The first-order valence-electron chi connectivity index (χ1n) is 15.8. The summed E-state index contributed by atoms with van der Waals surface area (Å²) in [5, 5.41) is 32.2. The summed E-state index contributed by atoms with van der Waals surface area (Å²) >= 11 is 5.60. The van der Waals surface area contributed by atoms with E-state index in [9.17, 15) is 4.79 Å². The van der Waals surface area contributed by atoms with Gasteiger partial charge in [0.15, 0.2) is 5.11 Å². The molecule has 3 fully saturated rings. The monoisotopic (exact) mass is 643 g/mol. The van der Waals surface area contributed by atoms with Gasteiger partial charge in [-0.3, -0.25) is 4.79 Å². The Morgan fingerprint density at radius 3 is 1.55 bits per heavy atom.